The van der Waals surface area contributed by atoms with E-state index in [1.165, 1.54) is 89.4 Å². The Balaban J connectivity index is 0.000000696. The summed E-state index contributed by atoms with van der Waals surface area (Å²) in [6, 6.07) is 39.6. The van der Waals surface area contributed by atoms with Gasteiger partial charge in [-0.3, -0.25) is 0 Å². The van der Waals surface area contributed by atoms with Gasteiger partial charge in [0.05, 0.1) is 0 Å². The van der Waals surface area contributed by atoms with E-state index in [2.05, 4.69) is 151 Å². The molecule has 6 aromatic rings. The third kappa shape index (κ3) is 9.14. The predicted octanol–water partition coefficient (Wildman–Crippen LogP) is 11.9. The molecule has 0 saturated carbocycles. The average Bonchev–Trinajstić information content (AvgIpc) is 3.55. The summed E-state index contributed by atoms with van der Waals surface area (Å²) in [5.74, 6) is 0.581. The van der Waals surface area contributed by atoms with Gasteiger partial charge in [-0.05, 0) is 24.0 Å². The van der Waals surface area contributed by atoms with Gasteiger partial charge in [0.2, 0.25) is 0 Å². The van der Waals surface area contributed by atoms with E-state index in [1.807, 2.05) is 0 Å². The number of aryl methyl sites for hydroxylation is 3. The molecule has 0 fully saturated rings. The molecule has 0 aliphatic carbocycles. The minimum atomic E-state index is 0. The molecule has 220 valence electrons. The van der Waals surface area contributed by atoms with E-state index in [9.17, 15) is 0 Å². The zero-order valence-electron chi connectivity index (χ0n) is 25.8. The van der Waals surface area contributed by atoms with Crippen LogP contribution in [0.3, 0.4) is 0 Å². The number of hydrogen-bond acceptors (Lipinski definition) is 0. The van der Waals surface area contributed by atoms with Gasteiger partial charge in [-0.25, -0.2) is 0 Å². The second-order valence-electron chi connectivity index (χ2n) is 10.3. The summed E-state index contributed by atoms with van der Waals surface area (Å²) in [6.07, 6.45) is 0. The Kier molecular flexibility index (Phi) is 17.5. The fourth-order valence-electron chi connectivity index (χ4n) is 5.11. The van der Waals surface area contributed by atoms with Crippen LogP contribution in [0.4, 0.5) is 0 Å². The summed E-state index contributed by atoms with van der Waals surface area (Å²) in [5.41, 5.74) is 10.7. The van der Waals surface area contributed by atoms with Gasteiger partial charge >= 0.3 is 30.2 Å². The van der Waals surface area contributed by atoms with Gasteiger partial charge in [0.15, 0.2) is 0 Å². The zero-order valence-corrected chi connectivity index (χ0v) is 30.9. The summed E-state index contributed by atoms with van der Waals surface area (Å²) in [6.45, 7) is 14.0. The molecule has 0 saturated heterocycles. The summed E-state index contributed by atoms with van der Waals surface area (Å²) in [5, 5.41) is 5.47. The van der Waals surface area contributed by atoms with Crippen LogP contribution in [-0.4, -0.2) is 6.88 Å². The molecule has 42 heavy (non-hydrogen) atoms. The van der Waals surface area contributed by atoms with Crippen LogP contribution < -0.4 is 0 Å². The van der Waals surface area contributed by atoms with E-state index in [0.29, 0.717) is 5.92 Å². The number of hydrogen-bond donors (Lipinski definition) is 0. The van der Waals surface area contributed by atoms with Crippen LogP contribution in [0.15, 0.2) is 109 Å². The Morgan fingerprint density at radius 1 is 0.619 bits per heavy atom. The molecule has 0 unspecified atom stereocenters. The Morgan fingerprint density at radius 2 is 1.24 bits per heavy atom. The normalized spacial score (nSPS) is 9.64. The van der Waals surface area contributed by atoms with Crippen LogP contribution in [0.1, 0.15) is 42.0 Å². The first kappa shape index (κ1) is 39.8. The molecule has 0 aliphatic rings. The minimum absolute atomic E-state index is 0. The molecule has 0 atom stereocenters. The van der Waals surface area contributed by atoms with Crippen molar-refractivity contribution in [2.75, 3.05) is 0 Å². The van der Waals surface area contributed by atoms with Crippen LogP contribution in [0.2, 0.25) is 0 Å². The molecule has 0 aromatic heterocycles. The van der Waals surface area contributed by atoms with Crippen molar-refractivity contribution >= 4 is 53.2 Å². The Bertz CT molecular complexity index is 1660. The summed E-state index contributed by atoms with van der Waals surface area (Å²) < 4.78 is 0. The SMILES string of the molecule is Cc1cc2c(-c3ccccc3)ccc(C)c2[cH-]1.Cc1cccc(-c2cccc3[cH-]c(C(C)C)cc23)c1.Cl.Cl.[CH3-].[CH3-].[Si]=[Zr]. The molecule has 6 aromatic carbocycles. The van der Waals surface area contributed by atoms with Gasteiger partial charge in [0.25, 0.3) is 0 Å². The first-order valence-corrected chi connectivity index (χ1v) is 17.3. The van der Waals surface area contributed by atoms with E-state index >= 15 is 0 Å². The van der Waals surface area contributed by atoms with Gasteiger partial charge in [0, 0.05) is 0 Å². The van der Waals surface area contributed by atoms with Gasteiger partial charge in [-0.15, -0.1) is 93.4 Å². The molecule has 0 spiro atoms. The third-order valence-corrected chi connectivity index (χ3v) is 7.10. The van der Waals surface area contributed by atoms with Crippen LogP contribution in [-0.2, 0) is 23.3 Å². The molecule has 0 amide bonds. The Hall–Kier alpha value is -2.22. The third-order valence-electron chi connectivity index (χ3n) is 7.10. The second-order valence-corrected chi connectivity index (χ2v) is 10.3. The van der Waals surface area contributed by atoms with E-state index in [4.69, 9.17) is 0 Å². The van der Waals surface area contributed by atoms with Crippen molar-refractivity contribution in [3.63, 3.8) is 0 Å². The summed E-state index contributed by atoms with van der Waals surface area (Å²) in [4.78, 5) is 0. The van der Waals surface area contributed by atoms with Crippen molar-refractivity contribution in [3.8, 4) is 22.3 Å². The van der Waals surface area contributed by atoms with E-state index in [0.717, 1.165) is 0 Å². The molecular formula is C38H42Cl2SiZr-4. The molecule has 0 nitrogen and oxygen atoms in total. The van der Waals surface area contributed by atoms with Crippen molar-refractivity contribution in [2.45, 2.75) is 40.5 Å². The van der Waals surface area contributed by atoms with Crippen LogP contribution in [0, 0.1) is 35.6 Å². The molecule has 0 N–H and O–H groups in total. The van der Waals surface area contributed by atoms with Crippen molar-refractivity contribution in [3.05, 3.63) is 146 Å². The maximum atomic E-state index is 3.06. The molecule has 6 rings (SSSR count). The Labute approximate surface area is 283 Å². The number of benzene rings is 4. The fraction of sp³-hybridized carbons (Fsp3) is 0.158. The summed E-state index contributed by atoms with van der Waals surface area (Å²) >= 11 is 1.36. The molecule has 0 bridgehead atoms. The van der Waals surface area contributed by atoms with Crippen molar-refractivity contribution < 1.29 is 23.3 Å². The molecule has 2 radical (unpaired) electrons. The quantitative estimate of drug-likeness (QED) is 0.128. The topological polar surface area (TPSA) is 0 Å². The number of halogens is 2. The monoisotopic (exact) mass is 686 g/mol. The van der Waals surface area contributed by atoms with E-state index in [-0.39, 0.29) is 39.7 Å². The predicted molar refractivity (Wildman–Crippen MR) is 191 cm³/mol. The molecule has 0 aliphatic heterocycles. The molecular weight excluding hydrogens is 647 g/mol. The first-order valence-electron chi connectivity index (χ1n) is 13.1. The van der Waals surface area contributed by atoms with E-state index in [1.54, 1.807) is 0 Å². The second kappa shape index (κ2) is 18.4. The van der Waals surface area contributed by atoms with Crippen LogP contribution in [0.25, 0.3) is 43.8 Å². The zero-order chi connectivity index (χ0) is 27.2. The van der Waals surface area contributed by atoms with Crippen molar-refractivity contribution in [1.29, 1.82) is 0 Å². The van der Waals surface area contributed by atoms with Gasteiger partial charge in [-0.1, -0.05) is 111 Å². The molecule has 0 heterocycles. The molecule has 4 heteroatoms. The maximum absolute atomic E-state index is 3.06. The van der Waals surface area contributed by atoms with Crippen molar-refractivity contribution in [1.82, 2.24) is 0 Å². The van der Waals surface area contributed by atoms with Crippen LogP contribution >= 0.6 is 24.8 Å². The van der Waals surface area contributed by atoms with Gasteiger partial charge < -0.3 is 14.9 Å². The number of fused-ring (bicyclic) bond motifs is 2. The van der Waals surface area contributed by atoms with Crippen molar-refractivity contribution in [2.24, 2.45) is 0 Å². The van der Waals surface area contributed by atoms with E-state index < -0.39 is 0 Å². The first-order chi connectivity index (χ1) is 18.4. The Morgan fingerprint density at radius 3 is 1.88 bits per heavy atom. The van der Waals surface area contributed by atoms with Crippen LogP contribution in [0.5, 0.6) is 0 Å². The summed E-state index contributed by atoms with van der Waals surface area (Å²) in [7, 11) is 0. The average molecular weight is 689 g/mol. The number of rotatable bonds is 3. The van der Waals surface area contributed by atoms with Gasteiger partial charge in [0.1, 0.15) is 0 Å². The van der Waals surface area contributed by atoms with Gasteiger partial charge in [-0.2, -0.15) is 12.1 Å². The standard InChI is InChI=1S/C19H19.C17H15.2CH3.2ClH.Si.Zr/c1-13(2)17-11-16-8-5-9-18(19(16)12-17)15-7-4-6-14(3)10-15;1-12-10-16-13(2)8-9-15(17(16)11-12)14-6-4-3-5-7-14;;;;;;/h4-13H,1-3H3;3-11H,1-2H3;2*1H3;2*1H;;/q4*-1;;;;. The fourth-order valence-corrected chi connectivity index (χ4v) is 5.11.